The van der Waals surface area contributed by atoms with E-state index >= 15 is 0 Å². The van der Waals surface area contributed by atoms with Gasteiger partial charge in [-0.2, -0.15) is 0 Å². The minimum Gasteiger partial charge on any atom is -0.497 e. The van der Waals surface area contributed by atoms with E-state index in [9.17, 15) is 0 Å². The number of nitrogens with two attached hydrogens (primary N) is 1. The van der Waals surface area contributed by atoms with Crippen molar-refractivity contribution in [1.29, 1.82) is 0 Å². The first-order chi connectivity index (χ1) is 11.8. The van der Waals surface area contributed by atoms with E-state index in [0.29, 0.717) is 30.4 Å². The highest BCUT2D eigenvalue weighted by Gasteiger charge is 2.08. The van der Waals surface area contributed by atoms with E-state index in [-0.39, 0.29) is 0 Å². The fourth-order valence-corrected chi connectivity index (χ4v) is 2.19. The zero-order chi connectivity index (χ0) is 16.8. The van der Waals surface area contributed by atoms with Crippen LogP contribution >= 0.6 is 0 Å². The quantitative estimate of drug-likeness (QED) is 0.614. The number of anilines is 3. The van der Waals surface area contributed by atoms with E-state index < -0.39 is 0 Å². The highest BCUT2D eigenvalue weighted by atomic mass is 16.5. The molecule has 2 aromatic heterocycles. The van der Waals surface area contributed by atoms with Crippen molar-refractivity contribution in [3.05, 3.63) is 60.3 Å². The fraction of sp³-hybridized carbons (Fsp3) is 0.176. The van der Waals surface area contributed by atoms with E-state index in [1.165, 1.54) is 6.33 Å². The van der Waals surface area contributed by atoms with Gasteiger partial charge >= 0.3 is 0 Å². The molecule has 0 amide bonds. The average Bonchev–Trinajstić information content (AvgIpc) is 3.14. The number of hydrogen-bond donors (Lipinski definition) is 3. The van der Waals surface area contributed by atoms with Crippen molar-refractivity contribution in [2.24, 2.45) is 0 Å². The topological polar surface area (TPSA) is 98.2 Å². The maximum Gasteiger partial charge on any atom is 0.155 e. The highest BCUT2D eigenvalue weighted by Crippen LogP contribution is 2.23. The molecule has 0 aliphatic rings. The molecular formula is C17H19N5O2. The number of aromatic nitrogens is 2. The molecule has 0 saturated carbocycles. The second kappa shape index (κ2) is 7.36. The van der Waals surface area contributed by atoms with Gasteiger partial charge in [-0.25, -0.2) is 9.97 Å². The molecule has 4 N–H and O–H groups in total. The number of benzene rings is 1. The van der Waals surface area contributed by atoms with Gasteiger partial charge in [0, 0.05) is 6.54 Å². The molecular weight excluding hydrogens is 306 g/mol. The molecule has 24 heavy (non-hydrogen) atoms. The number of methoxy groups -OCH3 is 1. The van der Waals surface area contributed by atoms with E-state index in [0.717, 1.165) is 17.1 Å². The van der Waals surface area contributed by atoms with E-state index in [1.54, 1.807) is 13.4 Å². The van der Waals surface area contributed by atoms with Crippen molar-refractivity contribution in [2.75, 3.05) is 23.5 Å². The zero-order valence-corrected chi connectivity index (χ0v) is 13.3. The summed E-state index contributed by atoms with van der Waals surface area (Å²) in [5.74, 6) is 2.78. The molecule has 0 unspecified atom stereocenters. The van der Waals surface area contributed by atoms with Crippen LogP contribution in [-0.4, -0.2) is 17.1 Å². The predicted octanol–water partition coefficient (Wildman–Crippen LogP) is 2.88. The number of furan rings is 1. The molecule has 0 aliphatic carbocycles. The Morgan fingerprint density at radius 3 is 2.38 bits per heavy atom. The maximum absolute atomic E-state index is 6.13. The van der Waals surface area contributed by atoms with Crippen LogP contribution in [0.1, 0.15) is 11.3 Å². The molecule has 0 fully saturated rings. The SMILES string of the molecule is COc1ccc(CNc2ncnc(NCc3ccco3)c2N)cc1. The van der Waals surface area contributed by atoms with Crippen LogP contribution in [0.25, 0.3) is 0 Å². The first-order valence-corrected chi connectivity index (χ1v) is 7.50. The van der Waals surface area contributed by atoms with E-state index in [4.69, 9.17) is 14.9 Å². The van der Waals surface area contributed by atoms with Crippen molar-refractivity contribution in [3.8, 4) is 5.75 Å². The van der Waals surface area contributed by atoms with Crippen molar-refractivity contribution in [2.45, 2.75) is 13.1 Å². The standard InChI is InChI=1S/C17H19N5O2/c1-23-13-6-4-12(5-7-13)9-19-16-15(18)17(22-11-21-16)20-10-14-3-2-8-24-14/h2-8,11H,9-10,18H2,1H3,(H2,19,20,21,22). The van der Waals surface area contributed by atoms with Crippen LogP contribution in [-0.2, 0) is 13.1 Å². The van der Waals surface area contributed by atoms with Gasteiger partial charge in [0.2, 0.25) is 0 Å². The lowest BCUT2D eigenvalue weighted by Crippen LogP contribution is -2.09. The van der Waals surface area contributed by atoms with Gasteiger partial charge in [-0.1, -0.05) is 12.1 Å². The molecule has 2 heterocycles. The third-order valence-electron chi connectivity index (χ3n) is 3.51. The molecule has 0 aliphatic heterocycles. The number of rotatable bonds is 7. The predicted molar refractivity (Wildman–Crippen MR) is 92.8 cm³/mol. The van der Waals surface area contributed by atoms with Gasteiger partial charge in [0.1, 0.15) is 23.5 Å². The molecule has 0 saturated heterocycles. The third-order valence-corrected chi connectivity index (χ3v) is 3.51. The number of hydrogen-bond acceptors (Lipinski definition) is 7. The molecule has 0 spiro atoms. The maximum atomic E-state index is 6.13. The number of nitrogens with one attached hydrogen (secondary N) is 2. The Kier molecular flexibility index (Phi) is 4.81. The van der Waals surface area contributed by atoms with E-state index in [2.05, 4.69) is 20.6 Å². The smallest absolute Gasteiger partial charge is 0.155 e. The minimum absolute atomic E-state index is 0.470. The summed E-state index contributed by atoms with van der Waals surface area (Å²) >= 11 is 0. The average molecular weight is 325 g/mol. The first-order valence-electron chi connectivity index (χ1n) is 7.50. The Hall–Kier alpha value is -3.22. The number of nitrogens with zero attached hydrogens (tertiary/aromatic N) is 2. The summed E-state index contributed by atoms with van der Waals surface area (Å²) in [6.45, 7) is 1.11. The van der Waals surface area contributed by atoms with Crippen LogP contribution in [0.4, 0.5) is 17.3 Å². The van der Waals surface area contributed by atoms with Crippen molar-refractivity contribution in [1.82, 2.24) is 9.97 Å². The van der Waals surface area contributed by atoms with Gasteiger partial charge < -0.3 is 25.5 Å². The first kappa shape index (κ1) is 15.7. The summed E-state index contributed by atoms with van der Waals surface area (Å²) in [6.07, 6.45) is 3.10. The van der Waals surface area contributed by atoms with Crippen LogP contribution in [0.5, 0.6) is 5.75 Å². The normalized spacial score (nSPS) is 10.4. The van der Waals surface area contributed by atoms with Gasteiger partial charge in [-0.3, -0.25) is 0 Å². The number of ether oxygens (including phenoxy) is 1. The Morgan fingerprint density at radius 1 is 1.04 bits per heavy atom. The lowest BCUT2D eigenvalue weighted by atomic mass is 10.2. The monoisotopic (exact) mass is 325 g/mol. The molecule has 3 aromatic rings. The second-order valence-corrected chi connectivity index (χ2v) is 5.12. The van der Waals surface area contributed by atoms with Gasteiger partial charge in [0.15, 0.2) is 11.6 Å². The highest BCUT2D eigenvalue weighted by molar-refractivity contribution is 5.73. The van der Waals surface area contributed by atoms with Gasteiger partial charge in [-0.05, 0) is 29.8 Å². The minimum atomic E-state index is 0.470. The third kappa shape index (κ3) is 3.75. The number of nitrogen functional groups attached to an aromatic ring is 1. The molecule has 1 aromatic carbocycles. The molecule has 3 rings (SSSR count). The Morgan fingerprint density at radius 2 is 1.75 bits per heavy atom. The van der Waals surface area contributed by atoms with Crippen LogP contribution < -0.4 is 21.1 Å². The summed E-state index contributed by atoms with van der Waals surface area (Å²) in [4.78, 5) is 8.37. The summed E-state index contributed by atoms with van der Waals surface area (Å²) in [5, 5.41) is 6.36. The zero-order valence-electron chi connectivity index (χ0n) is 13.3. The van der Waals surface area contributed by atoms with Crippen molar-refractivity contribution >= 4 is 17.3 Å². The van der Waals surface area contributed by atoms with Crippen LogP contribution in [0.3, 0.4) is 0 Å². The summed E-state index contributed by atoms with van der Waals surface area (Å²) in [5.41, 5.74) is 7.70. The molecule has 124 valence electrons. The Balaban J connectivity index is 1.63. The van der Waals surface area contributed by atoms with Crippen molar-refractivity contribution in [3.63, 3.8) is 0 Å². The second-order valence-electron chi connectivity index (χ2n) is 5.12. The van der Waals surface area contributed by atoms with Crippen LogP contribution in [0.2, 0.25) is 0 Å². The largest absolute Gasteiger partial charge is 0.497 e. The van der Waals surface area contributed by atoms with Crippen LogP contribution in [0, 0.1) is 0 Å². The molecule has 7 nitrogen and oxygen atoms in total. The lowest BCUT2D eigenvalue weighted by molar-refractivity contribution is 0.414. The van der Waals surface area contributed by atoms with E-state index in [1.807, 2.05) is 36.4 Å². The fourth-order valence-electron chi connectivity index (χ4n) is 2.19. The molecule has 0 radical (unpaired) electrons. The molecule has 7 heteroatoms. The molecule has 0 atom stereocenters. The summed E-state index contributed by atoms with van der Waals surface area (Å²) in [7, 11) is 1.64. The Bertz CT molecular complexity index is 772. The van der Waals surface area contributed by atoms with Gasteiger partial charge in [-0.15, -0.1) is 0 Å². The van der Waals surface area contributed by atoms with Gasteiger partial charge in [0.05, 0.1) is 19.9 Å². The van der Waals surface area contributed by atoms with Crippen molar-refractivity contribution < 1.29 is 9.15 Å². The lowest BCUT2D eigenvalue weighted by Gasteiger charge is -2.12. The Labute approximate surface area is 139 Å². The molecule has 0 bridgehead atoms. The van der Waals surface area contributed by atoms with Gasteiger partial charge in [0.25, 0.3) is 0 Å². The van der Waals surface area contributed by atoms with Crippen LogP contribution in [0.15, 0.2) is 53.4 Å². The summed E-state index contributed by atoms with van der Waals surface area (Å²) in [6, 6.07) is 11.5. The summed E-state index contributed by atoms with van der Waals surface area (Å²) < 4.78 is 10.4.